The molecule has 3 N–H and O–H groups in total. The molecule has 21 heavy (non-hydrogen) atoms. The molecule has 1 aromatic rings. The fraction of sp³-hybridized carbons (Fsp3) is 0.500. The second kappa shape index (κ2) is 7.85. The fourth-order valence-electron chi connectivity index (χ4n) is 1.58. The summed E-state index contributed by atoms with van der Waals surface area (Å²) >= 11 is 0. The number of benzene rings is 1. The van der Waals surface area contributed by atoms with Crippen molar-refractivity contribution in [2.45, 2.75) is 18.2 Å². The zero-order chi connectivity index (χ0) is 15.9. The highest BCUT2D eigenvalue weighted by molar-refractivity contribution is 7.89. The quantitative estimate of drug-likeness (QED) is 0.608. The minimum Gasteiger partial charge on any atom is -0.381 e. The maximum absolute atomic E-state index is 11.6. The van der Waals surface area contributed by atoms with Gasteiger partial charge < -0.3 is 4.74 Å². The lowest BCUT2D eigenvalue weighted by Crippen LogP contribution is -2.30. The van der Waals surface area contributed by atoms with E-state index in [4.69, 9.17) is 9.88 Å². The van der Waals surface area contributed by atoms with Gasteiger partial charge >= 0.3 is 0 Å². The van der Waals surface area contributed by atoms with Gasteiger partial charge in [0.15, 0.2) is 0 Å². The highest BCUT2D eigenvalue weighted by Gasteiger charge is 2.10. The van der Waals surface area contributed by atoms with Crippen LogP contribution in [-0.2, 0) is 31.2 Å². The molecule has 0 aliphatic heterocycles. The van der Waals surface area contributed by atoms with Crippen molar-refractivity contribution in [3.63, 3.8) is 0 Å². The molecule has 0 bridgehead atoms. The van der Waals surface area contributed by atoms with Gasteiger partial charge in [0.05, 0.1) is 17.3 Å². The normalized spacial score (nSPS) is 12.5. The van der Waals surface area contributed by atoms with E-state index in [0.717, 1.165) is 5.56 Å². The van der Waals surface area contributed by atoms with Crippen LogP contribution >= 0.6 is 0 Å². The van der Waals surface area contributed by atoms with Crippen LogP contribution in [0.3, 0.4) is 0 Å². The zero-order valence-electron chi connectivity index (χ0n) is 11.8. The Morgan fingerprint density at radius 3 is 2.29 bits per heavy atom. The van der Waals surface area contributed by atoms with Crippen molar-refractivity contribution in [3.05, 3.63) is 29.8 Å². The van der Waals surface area contributed by atoms with E-state index in [1.165, 1.54) is 12.1 Å². The number of nitrogens with one attached hydrogen (secondary N) is 1. The molecule has 7 nitrogen and oxygen atoms in total. The summed E-state index contributed by atoms with van der Waals surface area (Å²) in [6.45, 7) is 2.68. The monoisotopic (exact) mass is 336 g/mol. The van der Waals surface area contributed by atoms with Gasteiger partial charge in [-0.2, -0.15) is 0 Å². The summed E-state index contributed by atoms with van der Waals surface area (Å²) in [6.07, 6.45) is 0.457. The third kappa shape index (κ3) is 7.00. The summed E-state index contributed by atoms with van der Waals surface area (Å²) in [5.41, 5.74) is 0.815. The molecular weight excluding hydrogens is 316 g/mol. The van der Waals surface area contributed by atoms with Gasteiger partial charge in [-0.1, -0.05) is 12.1 Å². The molecule has 0 radical (unpaired) electrons. The Kier molecular flexibility index (Phi) is 6.75. The topological polar surface area (TPSA) is 116 Å². The van der Waals surface area contributed by atoms with Gasteiger partial charge in [0.25, 0.3) is 0 Å². The number of rotatable bonds is 9. The Morgan fingerprint density at radius 1 is 1.14 bits per heavy atom. The minimum absolute atomic E-state index is 0.0311. The molecule has 0 amide bonds. The van der Waals surface area contributed by atoms with E-state index in [2.05, 4.69) is 4.72 Å². The molecule has 9 heteroatoms. The highest BCUT2D eigenvalue weighted by Crippen LogP contribution is 2.08. The first kappa shape index (κ1) is 18.1. The summed E-state index contributed by atoms with van der Waals surface area (Å²) < 4.78 is 52.8. The molecule has 0 unspecified atom stereocenters. The lowest BCUT2D eigenvalue weighted by Gasteiger charge is -2.07. The van der Waals surface area contributed by atoms with E-state index in [0.29, 0.717) is 13.0 Å². The first-order chi connectivity index (χ1) is 9.74. The van der Waals surface area contributed by atoms with Crippen LogP contribution in [0.4, 0.5) is 0 Å². The van der Waals surface area contributed by atoms with Crippen LogP contribution in [0.5, 0.6) is 0 Å². The number of ether oxygens (including phenoxy) is 1. The number of hydrogen-bond acceptors (Lipinski definition) is 5. The average Bonchev–Trinajstić information content (AvgIpc) is 2.38. The van der Waals surface area contributed by atoms with Crippen LogP contribution in [-0.4, -0.2) is 42.3 Å². The molecule has 0 heterocycles. The van der Waals surface area contributed by atoms with Crippen LogP contribution in [0.25, 0.3) is 0 Å². The van der Waals surface area contributed by atoms with Crippen molar-refractivity contribution in [2.24, 2.45) is 5.14 Å². The highest BCUT2D eigenvalue weighted by atomic mass is 32.2. The zero-order valence-corrected chi connectivity index (χ0v) is 13.4. The smallest absolute Gasteiger partial charge is 0.238 e. The van der Waals surface area contributed by atoms with Crippen LogP contribution in [0.15, 0.2) is 29.2 Å². The summed E-state index contributed by atoms with van der Waals surface area (Å²) in [6, 6.07) is 6.00. The molecule has 1 aromatic carbocycles. The molecule has 0 fully saturated rings. The van der Waals surface area contributed by atoms with Gasteiger partial charge in [0.1, 0.15) is 0 Å². The lowest BCUT2D eigenvalue weighted by atomic mass is 10.2. The molecule has 0 spiro atoms. The van der Waals surface area contributed by atoms with Crippen molar-refractivity contribution in [1.29, 1.82) is 0 Å². The van der Waals surface area contributed by atoms with E-state index in [-0.39, 0.29) is 23.8 Å². The van der Waals surface area contributed by atoms with Crippen molar-refractivity contribution in [3.8, 4) is 0 Å². The fourth-order valence-corrected chi connectivity index (χ4v) is 2.99. The summed E-state index contributed by atoms with van der Waals surface area (Å²) in [5, 5.41) is 4.99. The number of sulfonamides is 2. The van der Waals surface area contributed by atoms with E-state index in [1.54, 1.807) is 19.1 Å². The Morgan fingerprint density at radius 2 is 1.76 bits per heavy atom. The van der Waals surface area contributed by atoms with Crippen molar-refractivity contribution in [1.82, 2.24) is 4.72 Å². The van der Waals surface area contributed by atoms with Gasteiger partial charge in [0, 0.05) is 13.2 Å². The van der Waals surface area contributed by atoms with Crippen molar-refractivity contribution >= 4 is 20.0 Å². The van der Waals surface area contributed by atoms with E-state index >= 15 is 0 Å². The second-order valence-corrected chi connectivity index (χ2v) is 7.84. The standard InChI is InChI=1S/C12H20N2O5S2/c1-2-19-9-10-20(15,16)14-8-7-11-3-5-12(6-4-11)21(13,17)18/h3-6,14H,2,7-10H2,1H3,(H2,13,17,18). The van der Waals surface area contributed by atoms with Crippen LogP contribution in [0.1, 0.15) is 12.5 Å². The van der Waals surface area contributed by atoms with Gasteiger partial charge in [-0.3, -0.25) is 0 Å². The first-order valence-electron chi connectivity index (χ1n) is 6.41. The van der Waals surface area contributed by atoms with Gasteiger partial charge in [-0.25, -0.2) is 26.7 Å². The van der Waals surface area contributed by atoms with Crippen LogP contribution < -0.4 is 9.86 Å². The molecule has 0 saturated carbocycles. The Labute approximate surface area is 125 Å². The summed E-state index contributed by atoms with van der Waals surface area (Å²) in [4.78, 5) is 0.0311. The van der Waals surface area contributed by atoms with Crippen molar-refractivity contribution in [2.75, 3.05) is 25.5 Å². The third-order valence-electron chi connectivity index (χ3n) is 2.69. The summed E-state index contributed by atoms with van der Waals surface area (Å²) in [7, 11) is -7.05. The average molecular weight is 336 g/mol. The molecule has 0 aliphatic carbocycles. The van der Waals surface area contributed by atoms with Gasteiger partial charge in [-0.15, -0.1) is 0 Å². The van der Waals surface area contributed by atoms with Gasteiger partial charge in [-0.05, 0) is 31.0 Å². The molecule has 120 valence electrons. The Balaban J connectivity index is 2.46. The predicted molar refractivity (Wildman–Crippen MR) is 79.8 cm³/mol. The van der Waals surface area contributed by atoms with Gasteiger partial charge in [0.2, 0.25) is 20.0 Å². The number of hydrogen-bond donors (Lipinski definition) is 2. The number of nitrogens with two attached hydrogens (primary N) is 1. The maximum Gasteiger partial charge on any atom is 0.238 e. The Hall–Kier alpha value is -1.00. The second-order valence-electron chi connectivity index (χ2n) is 4.35. The first-order valence-corrected chi connectivity index (χ1v) is 9.61. The van der Waals surface area contributed by atoms with E-state index in [1.807, 2.05) is 0 Å². The maximum atomic E-state index is 11.6. The third-order valence-corrected chi connectivity index (χ3v) is 4.97. The SMILES string of the molecule is CCOCCS(=O)(=O)NCCc1ccc(S(N)(=O)=O)cc1. The molecular formula is C12H20N2O5S2. The van der Waals surface area contributed by atoms with Crippen LogP contribution in [0, 0.1) is 0 Å². The predicted octanol–water partition coefficient (Wildman–Crippen LogP) is -0.168. The number of primary sulfonamides is 1. The molecule has 1 rings (SSSR count). The molecule has 0 atom stereocenters. The Bertz CT molecular complexity index is 639. The van der Waals surface area contributed by atoms with E-state index in [9.17, 15) is 16.8 Å². The molecule has 0 saturated heterocycles. The van der Waals surface area contributed by atoms with Crippen molar-refractivity contribution < 1.29 is 21.6 Å². The van der Waals surface area contributed by atoms with Crippen LogP contribution in [0.2, 0.25) is 0 Å². The minimum atomic E-state index is -3.70. The van der Waals surface area contributed by atoms with E-state index < -0.39 is 20.0 Å². The lowest BCUT2D eigenvalue weighted by molar-refractivity contribution is 0.163. The molecule has 0 aliphatic rings. The molecule has 0 aromatic heterocycles. The summed E-state index contributed by atoms with van der Waals surface area (Å²) in [5.74, 6) is -0.0782. The largest absolute Gasteiger partial charge is 0.381 e.